The van der Waals surface area contributed by atoms with Crippen LogP contribution in [-0.4, -0.2) is 28.2 Å². The van der Waals surface area contributed by atoms with Crippen molar-refractivity contribution >= 4 is 29.4 Å². The lowest BCUT2D eigenvalue weighted by atomic mass is 9.95. The molecule has 0 fully saturated rings. The van der Waals surface area contributed by atoms with E-state index < -0.39 is 18.0 Å². The number of carboxylic acids is 1. The molecule has 0 amide bonds. The number of furan rings is 1. The van der Waals surface area contributed by atoms with Crippen molar-refractivity contribution in [2.24, 2.45) is 4.99 Å². The number of carboxylic acid groups (broad SMARTS) is 1. The SMILES string of the molecule is CCOC(=O)C1=C(C)N=c2s/c(=C\c3ccc(-c4cccc(C(=O)O)c4)o3)c(=O)n2C1c1ccc(C)cc1. The van der Waals surface area contributed by atoms with E-state index in [1.807, 2.05) is 31.2 Å². The Bertz CT molecular complexity index is 1770. The van der Waals surface area contributed by atoms with Crippen LogP contribution in [0.25, 0.3) is 17.4 Å². The molecular formula is C29H24N2O6S. The molecule has 1 atom stereocenters. The summed E-state index contributed by atoms with van der Waals surface area (Å²) in [5.74, 6) is -0.627. The number of carbonyl (C=O) groups is 2. The summed E-state index contributed by atoms with van der Waals surface area (Å²) < 4.78 is 13.2. The average molecular weight is 529 g/mol. The summed E-state index contributed by atoms with van der Waals surface area (Å²) in [6.07, 6.45) is 1.63. The lowest BCUT2D eigenvalue weighted by molar-refractivity contribution is -0.139. The minimum Gasteiger partial charge on any atom is -0.478 e. The normalized spacial score (nSPS) is 15.2. The van der Waals surface area contributed by atoms with E-state index in [1.165, 1.54) is 28.0 Å². The zero-order chi connectivity index (χ0) is 27.0. The molecule has 0 aliphatic carbocycles. The van der Waals surface area contributed by atoms with Gasteiger partial charge in [-0.2, -0.15) is 0 Å². The number of fused-ring (bicyclic) bond motifs is 1. The van der Waals surface area contributed by atoms with Crippen molar-refractivity contribution in [3.8, 4) is 11.3 Å². The molecule has 0 saturated carbocycles. The second kappa shape index (κ2) is 10.1. The van der Waals surface area contributed by atoms with Gasteiger partial charge in [0.1, 0.15) is 11.5 Å². The molecule has 1 N–H and O–H groups in total. The third-order valence-electron chi connectivity index (χ3n) is 6.20. The van der Waals surface area contributed by atoms with Gasteiger partial charge in [0, 0.05) is 11.6 Å². The highest BCUT2D eigenvalue weighted by Crippen LogP contribution is 2.31. The zero-order valence-corrected chi connectivity index (χ0v) is 21.7. The molecule has 5 rings (SSSR count). The number of allylic oxidation sites excluding steroid dienone is 1. The van der Waals surface area contributed by atoms with Crippen LogP contribution in [0.5, 0.6) is 0 Å². The van der Waals surface area contributed by atoms with Gasteiger partial charge in [0.15, 0.2) is 4.80 Å². The largest absolute Gasteiger partial charge is 0.478 e. The number of ether oxygens (including phenoxy) is 1. The quantitative estimate of drug-likeness (QED) is 0.378. The number of hydrogen-bond acceptors (Lipinski definition) is 7. The van der Waals surface area contributed by atoms with E-state index in [1.54, 1.807) is 44.2 Å². The first-order valence-corrected chi connectivity index (χ1v) is 12.8. The predicted octanol–water partition coefficient (Wildman–Crippen LogP) is 4.06. The second-order valence-corrected chi connectivity index (χ2v) is 9.81. The molecule has 4 aromatic rings. The molecule has 38 heavy (non-hydrogen) atoms. The lowest BCUT2D eigenvalue weighted by Crippen LogP contribution is -2.39. The van der Waals surface area contributed by atoms with E-state index in [0.717, 1.165) is 11.1 Å². The van der Waals surface area contributed by atoms with Crippen LogP contribution in [-0.2, 0) is 9.53 Å². The summed E-state index contributed by atoms with van der Waals surface area (Å²) in [5, 5.41) is 9.27. The maximum absolute atomic E-state index is 13.7. The number of carbonyl (C=O) groups excluding carboxylic acids is 1. The molecule has 2 aromatic carbocycles. The van der Waals surface area contributed by atoms with Gasteiger partial charge in [0.2, 0.25) is 0 Å². The third-order valence-corrected chi connectivity index (χ3v) is 7.19. The van der Waals surface area contributed by atoms with Crippen molar-refractivity contribution in [2.75, 3.05) is 6.61 Å². The maximum Gasteiger partial charge on any atom is 0.338 e. The highest BCUT2D eigenvalue weighted by atomic mass is 32.1. The smallest absolute Gasteiger partial charge is 0.338 e. The molecule has 8 nitrogen and oxygen atoms in total. The van der Waals surface area contributed by atoms with Crippen LogP contribution in [0.4, 0.5) is 0 Å². The fourth-order valence-corrected chi connectivity index (χ4v) is 5.40. The number of esters is 1. The summed E-state index contributed by atoms with van der Waals surface area (Å²) >= 11 is 1.20. The van der Waals surface area contributed by atoms with Gasteiger partial charge < -0.3 is 14.3 Å². The second-order valence-electron chi connectivity index (χ2n) is 8.80. The first kappa shape index (κ1) is 25.2. The first-order valence-electron chi connectivity index (χ1n) is 12.0. The number of benzene rings is 2. The Kier molecular flexibility index (Phi) is 6.69. The van der Waals surface area contributed by atoms with Gasteiger partial charge in [-0.3, -0.25) is 9.36 Å². The summed E-state index contributed by atoms with van der Waals surface area (Å²) in [7, 11) is 0. The molecule has 1 aliphatic rings. The number of aryl methyl sites for hydroxylation is 1. The summed E-state index contributed by atoms with van der Waals surface area (Å²) in [6.45, 7) is 5.66. The Hall–Kier alpha value is -4.50. The molecule has 0 radical (unpaired) electrons. The molecule has 9 heteroatoms. The van der Waals surface area contributed by atoms with Crippen LogP contribution in [0, 0.1) is 6.92 Å². The standard InChI is InChI=1S/C29H24N2O6S/c1-4-36-28(35)24-17(3)30-29-31(25(24)18-10-8-16(2)9-11-18)26(32)23(38-29)15-21-12-13-22(37-21)19-6-5-7-20(14-19)27(33)34/h5-15,25H,4H2,1-3H3,(H,33,34)/b23-15-. The molecular weight excluding hydrogens is 504 g/mol. The van der Waals surface area contributed by atoms with Crippen molar-refractivity contribution in [3.05, 3.63) is 114 Å². The van der Waals surface area contributed by atoms with Crippen LogP contribution in [0.1, 0.15) is 47.1 Å². The van der Waals surface area contributed by atoms with Gasteiger partial charge in [-0.05, 0) is 50.6 Å². The van der Waals surface area contributed by atoms with Gasteiger partial charge >= 0.3 is 11.9 Å². The van der Waals surface area contributed by atoms with Crippen LogP contribution >= 0.6 is 11.3 Å². The fraction of sp³-hybridized carbons (Fsp3) is 0.172. The summed E-state index contributed by atoms with van der Waals surface area (Å²) in [4.78, 5) is 43.0. The van der Waals surface area contributed by atoms with Gasteiger partial charge in [-0.25, -0.2) is 14.6 Å². The molecule has 0 spiro atoms. The Morgan fingerprint density at radius 1 is 1.13 bits per heavy atom. The number of aromatic carboxylic acids is 1. The van der Waals surface area contributed by atoms with Crippen molar-refractivity contribution in [1.82, 2.24) is 4.57 Å². The van der Waals surface area contributed by atoms with Crippen LogP contribution < -0.4 is 14.9 Å². The summed E-state index contributed by atoms with van der Waals surface area (Å²) in [5.41, 5.74) is 3.12. The van der Waals surface area contributed by atoms with Crippen molar-refractivity contribution in [3.63, 3.8) is 0 Å². The number of nitrogens with zero attached hydrogens (tertiary/aromatic N) is 2. The Morgan fingerprint density at radius 2 is 1.89 bits per heavy atom. The lowest BCUT2D eigenvalue weighted by Gasteiger charge is -2.24. The maximum atomic E-state index is 13.7. The van der Waals surface area contributed by atoms with E-state index >= 15 is 0 Å². The van der Waals surface area contributed by atoms with E-state index in [0.29, 0.717) is 37.7 Å². The highest BCUT2D eigenvalue weighted by molar-refractivity contribution is 7.07. The predicted molar refractivity (Wildman–Crippen MR) is 143 cm³/mol. The Labute approximate surface area is 221 Å². The van der Waals surface area contributed by atoms with Gasteiger partial charge in [-0.1, -0.05) is 53.3 Å². The molecule has 3 heterocycles. The average Bonchev–Trinajstić information content (AvgIpc) is 3.48. The Morgan fingerprint density at radius 3 is 2.61 bits per heavy atom. The van der Waals surface area contributed by atoms with Crippen LogP contribution in [0.15, 0.2) is 86.1 Å². The molecule has 2 aromatic heterocycles. The van der Waals surface area contributed by atoms with Crippen LogP contribution in [0.3, 0.4) is 0 Å². The first-order chi connectivity index (χ1) is 18.3. The molecule has 1 unspecified atom stereocenters. The van der Waals surface area contributed by atoms with Gasteiger partial charge in [0.05, 0.1) is 34.0 Å². The van der Waals surface area contributed by atoms with Gasteiger partial charge in [0.25, 0.3) is 5.56 Å². The van der Waals surface area contributed by atoms with Crippen molar-refractivity contribution < 1.29 is 23.8 Å². The van der Waals surface area contributed by atoms with E-state index in [4.69, 9.17) is 9.15 Å². The third kappa shape index (κ3) is 4.64. The van der Waals surface area contributed by atoms with E-state index in [9.17, 15) is 19.5 Å². The number of aromatic nitrogens is 1. The molecule has 1 aliphatic heterocycles. The minimum atomic E-state index is -1.03. The molecule has 0 saturated heterocycles. The van der Waals surface area contributed by atoms with Crippen molar-refractivity contribution in [2.45, 2.75) is 26.8 Å². The number of hydrogen-bond donors (Lipinski definition) is 1. The highest BCUT2D eigenvalue weighted by Gasteiger charge is 2.33. The zero-order valence-electron chi connectivity index (χ0n) is 20.9. The molecule has 192 valence electrons. The number of thiazole rings is 1. The summed E-state index contributed by atoms with van der Waals surface area (Å²) in [6, 6.07) is 16.9. The molecule has 0 bridgehead atoms. The van der Waals surface area contributed by atoms with Crippen LogP contribution in [0.2, 0.25) is 0 Å². The van der Waals surface area contributed by atoms with Gasteiger partial charge in [-0.15, -0.1) is 0 Å². The Balaban J connectivity index is 1.61. The van der Waals surface area contributed by atoms with E-state index in [2.05, 4.69) is 4.99 Å². The van der Waals surface area contributed by atoms with Crippen molar-refractivity contribution in [1.29, 1.82) is 0 Å². The topological polar surface area (TPSA) is 111 Å². The van der Waals surface area contributed by atoms with E-state index in [-0.39, 0.29) is 17.7 Å². The fourth-order valence-electron chi connectivity index (χ4n) is 4.38. The minimum absolute atomic E-state index is 0.151. The monoisotopic (exact) mass is 528 g/mol. The number of rotatable bonds is 6.